The summed E-state index contributed by atoms with van der Waals surface area (Å²) in [5.41, 5.74) is 2.40. The van der Waals surface area contributed by atoms with E-state index in [4.69, 9.17) is 4.98 Å². The topological polar surface area (TPSA) is 32.3 Å². The van der Waals surface area contributed by atoms with Crippen molar-refractivity contribution in [2.24, 2.45) is 5.92 Å². The molecule has 5 heterocycles. The van der Waals surface area contributed by atoms with E-state index in [9.17, 15) is 4.39 Å². The Labute approximate surface area is 160 Å². The molecule has 0 saturated carbocycles. The van der Waals surface area contributed by atoms with Gasteiger partial charge in [-0.05, 0) is 55.6 Å². The summed E-state index contributed by atoms with van der Waals surface area (Å²) in [5, 5.41) is 0. The first-order valence-electron chi connectivity index (χ1n) is 10.3. The van der Waals surface area contributed by atoms with Crippen LogP contribution in [0.15, 0.2) is 36.5 Å². The first-order valence-corrected chi connectivity index (χ1v) is 10.3. The van der Waals surface area contributed by atoms with E-state index >= 15 is 0 Å². The number of hydrogen-bond acceptors (Lipinski definition) is 4. The monoisotopic (exact) mass is 366 g/mol. The molecule has 1 aromatic carbocycles. The molecule has 0 radical (unpaired) electrons. The maximum absolute atomic E-state index is 13.5. The van der Waals surface area contributed by atoms with E-state index in [1.54, 1.807) is 12.1 Å². The second-order valence-electron chi connectivity index (χ2n) is 8.26. The van der Waals surface area contributed by atoms with Crippen LogP contribution in [0.3, 0.4) is 0 Å². The molecule has 0 unspecified atom stereocenters. The molecule has 5 heteroatoms. The quantitative estimate of drug-likeness (QED) is 0.832. The Balaban J connectivity index is 1.45. The van der Waals surface area contributed by atoms with Crippen LogP contribution in [0, 0.1) is 11.7 Å². The third-order valence-corrected chi connectivity index (χ3v) is 6.84. The second-order valence-corrected chi connectivity index (χ2v) is 8.26. The number of likely N-dealkylation sites (tertiary alicyclic amines) is 1. The highest BCUT2D eigenvalue weighted by molar-refractivity contribution is 5.27. The van der Waals surface area contributed by atoms with E-state index in [0.29, 0.717) is 18.0 Å². The van der Waals surface area contributed by atoms with Crippen molar-refractivity contribution < 1.29 is 4.39 Å². The van der Waals surface area contributed by atoms with Crippen LogP contribution in [-0.2, 0) is 13.0 Å². The van der Waals surface area contributed by atoms with Crippen LogP contribution in [0.2, 0.25) is 0 Å². The highest BCUT2D eigenvalue weighted by Crippen LogP contribution is 2.46. The second kappa shape index (κ2) is 6.95. The van der Waals surface area contributed by atoms with Gasteiger partial charge in [-0.15, -0.1) is 0 Å². The zero-order valence-corrected chi connectivity index (χ0v) is 15.9. The van der Waals surface area contributed by atoms with Crippen molar-refractivity contribution in [2.45, 2.75) is 50.7 Å². The van der Waals surface area contributed by atoms with Crippen molar-refractivity contribution in [3.8, 4) is 0 Å². The van der Waals surface area contributed by atoms with Crippen molar-refractivity contribution in [1.29, 1.82) is 0 Å². The zero-order chi connectivity index (χ0) is 18.4. The first-order chi connectivity index (χ1) is 13.2. The van der Waals surface area contributed by atoms with Gasteiger partial charge in [-0.25, -0.2) is 14.4 Å². The molecule has 0 N–H and O–H groups in total. The molecule has 27 heavy (non-hydrogen) atoms. The molecule has 4 aliphatic heterocycles. The zero-order valence-electron chi connectivity index (χ0n) is 15.9. The van der Waals surface area contributed by atoms with Gasteiger partial charge < -0.3 is 0 Å². The molecule has 142 valence electrons. The minimum Gasteiger partial charge on any atom is -0.298 e. The molecule has 0 aliphatic carbocycles. The van der Waals surface area contributed by atoms with Crippen molar-refractivity contribution in [3.05, 3.63) is 59.4 Å². The Morgan fingerprint density at radius 1 is 1.07 bits per heavy atom. The van der Waals surface area contributed by atoms with Gasteiger partial charge in [-0.2, -0.15) is 0 Å². The Kier molecular flexibility index (Phi) is 4.44. The SMILES string of the molecule is CCc1nccc(CN2C[C@H](c3ccc(F)cc3)[C@@H]3[C@H]2C2CCN3CC2)n1. The number of benzene rings is 1. The van der Waals surface area contributed by atoms with E-state index < -0.39 is 0 Å². The van der Waals surface area contributed by atoms with Crippen molar-refractivity contribution in [1.82, 2.24) is 19.8 Å². The fourth-order valence-electron chi connectivity index (χ4n) is 5.63. The number of piperidine rings is 3. The average molecular weight is 366 g/mol. The van der Waals surface area contributed by atoms with Gasteiger partial charge in [0.2, 0.25) is 0 Å². The number of nitrogens with zero attached hydrogens (tertiary/aromatic N) is 4. The number of halogens is 1. The van der Waals surface area contributed by atoms with Crippen LogP contribution in [0.5, 0.6) is 0 Å². The minimum absolute atomic E-state index is 0.149. The molecule has 4 fully saturated rings. The van der Waals surface area contributed by atoms with Crippen LogP contribution in [0.1, 0.15) is 42.8 Å². The molecule has 3 atom stereocenters. The van der Waals surface area contributed by atoms with Gasteiger partial charge >= 0.3 is 0 Å². The predicted octanol–water partition coefficient (Wildman–Crippen LogP) is 3.24. The maximum Gasteiger partial charge on any atom is 0.128 e. The minimum atomic E-state index is -0.149. The largest absolute Gasteiger partial charge is 0.298 e. The lowest BCUT2D eigenvalue weighted by atomic mass is 9.75. The van der Waals surface area contributed by atoms with Gasteiger partial charge in [0, 0.05) is 43.7 Å². The van der Waals surface area contributed by atoms with E-state index in [0.717, 1.165) is 36.9 Å². The maximum atomic E-state index is 13.5. The van der Waals surface area contributed by atoms with Crippen molar-refractivity contribution >= 4 is 0 Å². The summed E-state index contributed by atoms with van der Waals surface area (Å²) in [6.07, 6.45) is 5.37. The number of rotatable bonds is 4. The lowest BCUT2D eigenvalue weighted by Crippen LogP contribution is -2.60. The first kappa shape index (κ1) is 17.3. The fraction of sp³-hybridized carbons (Fsp3) is 0.545. The molecular formula is C22H27FN4. The van der Waals surface area contributed by atoms with Crippen LogP contribution >= 0.6 is 0 Å². The highest BCUT2D eigenvalue weighted by atomic mass is 19.1. The summed E-state index contributed by atoms with van der Waals surface area (Å²) >= 11 is 0. The summed E-state index contributed by atoms with van der Waals surface area (Å²) < 4.78 is 13.5. The average Bonchev–Trinajstić information content (AvgIpc) is 3.11. The van der Waals surface area contributed by atoms with Gasteiger partial charge in [-0.3, -0.25) is 9.80 Å². The van der Waals surface area contributed by atoms with Crippen LogP contribution in [0.25, 0.3) is 0 Å². The van der Waals surface area contributed by atoms with Crippen molar-refractivity contribution in [3.63, 3.8) is 0 Å². The van der Waals surface area contributed by atoms with Gasteiger partial charge in [0.05, 0.1) is 5.69 Å². The Bertz CT molecular complexity index is 800. The third-order valence-electron chi connectivity index (χ3n) is 6.84. The van der Waals surface area contributed by atoms with Gasteiger partial charge in [0.15, 0.2) is 0 Å². The molecule has 2 bridgehead atoms. The molecular weight excluding hydrogens is 339 g/mol. The van der Waals surface area contributed by atoms with Gasteiger partial charge in [0.25, 0.3) is 0 Å². The number of hydrogen-bond donors (Lipinski definition) is 0. The molecule has 1 aromatic heterocycles. The molecule has 6 rings (SSSR count). The van der Waals surface area contributed by atoms with Gasteiger partial charge in [0.1, 0.15) is 11.6 Å². The molecule has 4 aliphatic rings. The van der Waals surface area contributed by atoms with E-state index in [-0.39, 0.29) is 5.82 Å². The number of aryl methyl sites for hydroxylation is 1. The summed E-state index contributed by atoms with van der Waals surface area (Å²) in [6, 6.07) is 10.4. The lowest BCUT2D eigenvalue weighted by Gasteiger charge is -2.51. The summed E-state index contributed by atoms with van der Waals surface area (Å²) in [4.78, 5) is 14.4. The molecule has 0 spiro atoms. The van der Waals surface area contributed by atoms with Crippen LogP contribution in [-0.4, -0.2) is 51.5 Å². The lowest BCUT2D eigenvalue weighted by molar-refractivity contribution is -0.00900. The third kappa shape index (κ3) is 3.07. The normalized spacial score (nSPS) is 32.6. The van der Waals surface area contributed by atoms with E-state index in [1.165, 1.54) is 31.5 Å². The predicted molar refractivity (Wildman–Crippen MR) is 103 cm³/mol. The molecule has 2 aromatic rings. The molecule has 0 amide bonds. The van der Waals surface area contributed by atoms with E-state index in [2.05, 4.69) is 27.8 Å². The molecule has 4 saturated heterocycles. The fourth-order valence-corrected chi connectivity index (χ4v) is 5.63. The highest BCUT2D eigenvalue weighted by Gasteiger charge is 2.53. The Hall–Kier alpha value is -1.85. The smallest absolute Gasteiger partial charge is 0.128 e. The standard InChI is InChI=1S/C22H27FN4/c1-2-20-24-10-7-18(25-20)13-27-14-19(15-3-5-17(23)6-4-15)22-21(27)16-8-11-26(22)12-9-16/h3-7,10,16,19,21-22H,2,8-9,11-14H2,1H3/t19-,21-,22-/m1/s1. The van der Waals surface area contributed by atoms with E-state index in [1.807, 2.05) is 18.3 Å². The van der Waals surface area contributed by atoms with Gasteiger partial charge in [-0.1, -0.05) is 19.1 Å². The van der Waals surface area contributed by atoms with Crippen LogP contribution < -0.4 is 0 Å². The Morgan fingerprint density at radius 3 is 2.59 bits per heavy atom. The van der Waals surface area contributed by atoms with Crippen LogP contribution in [0.4, 0.5) is 4.39 Å². The summed E-state index contributed by atoms with van der Waals surface area (Å²) in [5.74, 6) is 2.00. The number of fused-ring (bicyclic) bond motifs is 2. The summed E-state index contributed by atoms with van der Waals surface area (Å²) in [7, 11) is 0. The van der Waals surface area contributed by atoms with Crippen molar-refractivity contribution in [2.75, 3.05) is 19.6 Å². The number of aromatic nitrogens is 2. The summed E-state index contributed by atoms with van der Waals surface area (Å²) in [6.45, 7) is 6.44. The molecule has 4 nitrogen and oxygen atoms in total. The Morgan fingerprint density at radius 2 is 1.85 bits per heavy atom.